The summed E-state index contributed by atoms with van der Waals surface area (Å²) >= 11 is 11.9. The number of quaternary nitrogens is 1. The highest BCUT2D eigenvalue weighted by atomic mass is 35.5. The molecule has 0 aromatic heterocycles. The van der Waals surface area contributed by atoms with E-state index >= 15 is 0 Å². The Bertz CT molecular complexity index is 740. The molecule has 1 aliphatic heterocycles. The Hall–Kier alpha value is -1.82. The molecule has 0 saturated carbocycles. The van der Waals surface area contributed by atoms with Crippen molar-refractivity contribution in [2.24, 2.45) is 0 Å². The minimum Gasteiger partial charge on any atom is -0.497 e. The smallest absolute Gasteiger partial charge is 0.177 e. The van der Waals surface area contributed by atoms with Gasteiger partial charge in [0, 0.05) is 35.3 Å². The molecule has 4 nitrogen and oxygen atoms in total. The fourth-order valence-corrected chi connectivity index (χ4v) is 3.56. The predicted octanol–water partition coefficient (Wildman–Crippen LogP) is 2.79. The SMILES string of the molecule is COc1cccc(NC(=S)N2CCC[NH+](Cc3ccccc3Cl)C2)c1. The molecule has 0 bridgehead atoms. The fraction of sp³-hybridized carbons (Fsp3) is 0.316. The van der Waals surface area contributed by atoms with Gasteiger partial charge < -0.3 is 19.9 Å². The first-order chi connectivity index (χ1) is 12.2. The molecular formula is C19H23ClN3OS+. The molecule has 0 amide bonds. The van der Waals surface area contributed by atoms with Crippen molar-refractivity contribution < 1.29 is 9.64 Å². The van der Waals surface area contributed by atoms with Crippen LogP contribution in [0.15, 0.2) is 48.5 Å². The van der Waals surface area contributed by atoms with E-state index in [1.807, 2.05) is 42.5 Å². The van der Waals surface area contributed by atoms with E-state index < -0.39 is 0 Å². The van der Waals surface area contributed by atoms with Gasteiger partial charge in [0.15, 0.2) is 11.8 Å². The van der Waals surface area contributed by atoms with E-state index in [0.29, 0.717) is 0 Å². The third-order valence-electron chi connectivity index (χ3n) is 4.38. The Kier molecular flexibility index (Phi) is 6.13. The number of nitrogens with one attached hydrogen (secondary N) is 2. The second-order valence-electron chi connectivity index (χ2n) is 6.21. The summed E-state index contributed by atoms with van der Waals surface area (Å²) in [6, 6.07) is 15.9. The zero-order valence-electron chi connectivity index (χ0n) is 14.3. The predicted molar refractivity (Wildman–Crippen MR) is 106 cm³/mol. The third-order valence-corrected chi connectivity index (χ3v) is 5.11. The summed E-state index contributed by atoms with van der Waals surface area (Å²) in [7, 11) is 1.66. The highest BCUT2D eigenvalue weighted by molar-refractivity contribution is 7.80. The lowest BCUT2D eigenvalue weighted by Crippen LogP contribution is -3.13. The summed E-state index contributed by atoms with van der Waals surface area (Å²) in [5.74, 6) is 0.817. The molecule has 0 aliphatic carbocycles. The van der Waals surface area contributed by atoms with E-state index in [1.54, 1.807) is 7.11 Å². The highest BCUT2D eigenvalue weighted by Crippen LogP contribution is 2.17. The second kappa shape index (κ2) is 8.52. The number of methoxy groups -OCH3 is 1. The Balaban J connectivity index is 1.60. The Morgan fingerprint density at radius 1 is 1.28 bits per heavy atom. The Labute approximate surface area is 159 Å². The number of hydrogen-bond acceptors (Lipinski definition) is 2. The molecule has 2 aromatic rings. The van der Waals surface area contributed by atoms with E-state index in [9.17, 15) is 0 Å². The molecule has 1 heterocycles. The molecule has 25 heavy (non-hydrogen) atoms. The minimum absolute atomic E-state index is 0.754. The molecule has 1 unspecified atom stereocenters. The van der Waals surface area contributed by atoms with Gasteiger partial charge in [-0.3, -0.25) is 0 Å². The number of thiocarbonyl (C=S) groups is 1. The van der Waals surface area contributed by atoms with Gasteiger partial charge in [-0.25, -0.2) is 0 Å². The van der Waals surface area contributed by atoms with Crippen molar-refractivity contribution in [1.82, 2.24) is 4.90 Å². The minimum atomic E-state index is 0.754. The normalized spacial score (nSPS) is 17.2. The van der Waals surface area contributed by atoms with E-state index in [2.05, 4.69) is 16.3 Å². The van der Waals surface area contributed by atoms with Crippen LogP contribution in [0.1, 0.15) is 12.0 Å². The van der Waals surface area contributed by atoms with E-state index in [-0.39, 0.29) is 0 Å². The molecule has 1 fully saturated rings. The van der Waals surface area contributed by atoms with Crippen molar-refractivity contribution in [2.45, 2.75) is 13.0 Å². The number of nitrogens with zero attached hydrogens (tertiary/aromatic N) is 1. The lowest BCUT2D eigenvalue weighted by molar-refractivity contribution is -0.927. The second-order valence-corrected chi connectivity index (χ2v) is 7.00. The molecule has 2 aromatic carbocycles. The molecule has 132 valence electrons. The van der Waals surface area contributed by atoms with Crippen LogP contribution in [0.5, 0.6) is 5.75 Å². The lowest BCUT2D eigenvalue weighted by atomic mass is 10.2. The van der Waals surface area contributed by atoms with Gasteiger partial charge in [0.1, 0.15) is 12.3 Å². The van der Waals surface area contributed by atoms with Crippen molar-refractivity contribution in [1.29, 1.82) is 0 Å². The van der Waals surface area contributed by atoms with Gasteiger partial charge in [-0.2, -0.15) is 0 Å². The summed E-state index contributed by atoms with van der Waals surface area (Å²) in [5, 5.41) is 4.91. The number of ether oxygens (including phenoxy) is 1. The first-order valence-electron chi connectivity index (χ1n) is 8.42. The van der Waals surface area contributed by atoms with Gasteiger partial charge in [0.05, 0.1) is 13.7 Å². The van der Waals surface area contributed by atoms with E-state index in [0.717, 1.165) is 54.3 Å². The van der Waals surface area contributed by atoms with Crippen LogP contribution in [-0.4, -0.2) is 36.9 Å². The molecule has 3 rings (SSSR count). The summed E-state index contributed by atoms with van der Waals surface area (Å²) in [6.07, 6.45) is 1.11. The Morgan fingerprint density at radius 3 is 2.92 bits per heavy atom. The molecule has 1 saturated heterocycles. The van der Waals surface area contributed by atoms with Gasteiger partial charge in [-0.1, -0.05) is 35.9 Å². The third kappa shape index (κ3) is 4.84. The average Bonchev–Trinajstić information content (AvgIpc) is 2.64. The fourth-order valence-electron chi connectivity index (χ4n) is 3.08. The van der Waals surface area contributed by atoms with Crippen LogP contribution in [-0.2, 0) is 6.54 Å². The Morgan fingerprint density at radius 2 is 2.12 bits per heavy atom. The maximum absolute atomic E-state index is 6.30. The van der Waals surface area contributed by atoms with E-state index in [1.165, 1.54) is 10.5 Å². The van der Waals surface area contributed by atoms with Crippen molar-refractivity contribution >= 4 is 34.6 Å². The lowest BCUT2D eigenvalue weighted by Gasteiger charge is -2.34. The number of halogens is 1. The molecule has 6 heteroatoms. The maximum Gasteiger partial charge on any atom is 0.177 e. The molecule has 0 radical (unpaired) electrons. The van der Waals surface area contributed by atoms with Crippen molar-refractivity contribution in [3.8, 4) is 5.75 Å². The first-order valence-corrected chi connectivity index (χ1v) is 9.21. The monoisotopic (exact) mass is 376 g/mol. The van der Waals surface area contributed by atoms with Crippen molar-refractivity contribution in [2.75, 3.05) is 32.2 Å². The van der Waals surface area contributed by atoms with Gasteiger partial charge in [0.25, 0.3) is 0 Å². The van der Waals surface area contributed by atoms with Crippen LogP contribution in [0.3, 0.4) is 0 Å². The van der Waals surface area contributed by atoms with Crippen LogP contribution in [0.4, 0.5) is 5.69 Å². The van der Waals surface area contributed by atoms with E-state index in [4.69, 9.17) is 28.6 Å². The van der Waals surface area contributed by atoms with Crippen LogP contribution >= 0.6 is 23.8 Å². The number of hydrogen-bond donors (Lipinski definition) is 2. The summed E-state index contributed by atoms with van der Waals surface area (Å²) in [6.45, 7) is 3.89. The summed E-state index contributed by atoms with van der Waals surface area (Å²) < 4.78 is 5.26. The van der Waals surface area contributed by atoms with Gasteiger partial charge in [0.2, 0.25) is 0 Å². The standard InChI is InChI=1S/C19H22ClN3OS/c1-24-17-8-4-7-16(12-17)21-19(25)23-11-5-10-22(14-23)13-15-6-2-3-9-18(15)20/h2-4,6-9,12H,5,10-11,13-14H2,1H3,(H,21,25)/p+1. The number of anilines is 1. The quantitative estimate of drug-likeness (QED) is 0.803. The van der Waals surface area contributed by atoms with Crippen LogP contribution < -0.4 is 15.0 Å². The molecule has 1 atom stereocenters. The topological polar surface area (TPSA) is 28.9 Å². The average molecular weight is 377 g/mol. The molecule has 1 aliphatic rings. The largest absolute Gasteiger partial charge is 0.497 e. The van der Waals surface area contributed by atoms with Gasteiger partial charge in [-0.05, 0) is 30.4 Å². The number of benzene rings is 2. The molecule has 0 spiro atoms. The van der Waals surface area contributed by atoms with Crippen molar-refractivity contribution in [3.63, 3.8) is 0 Å². The maximum atomic E-state index is 6.30. The van der Waals surface area contributed by atoms with Gasteiger partial charge >= 0.3 is 0 Å². The zero-order valence-corrected chi connectivity index (χ0v) is 15.9. The van der Waals surface area contributed by atoms with Crippen LogP contribution in [0.25, 0.3) is 0 Å². The first kappa shape index (κ1) is 18.0. The summed E-state index contributed by atoms with van der Waals surface area (Å²) in [5.41, 5.74) is 2.13. The molecular weight excluding hydrogens is 354 g/mol. The van der Waals surface area contributed by atoms with Crippen LogP contribution in [0.2, 0.25) is 5.02 Å². The zero-order chi connectivity index (χ0) is 17.6. The number of rotatable bonds is 4. The molecule has 2 N–H and O–H groups in total. The van der Waals surface area contributed by atoms with Crippen molar-refractivity contribution in [3.05, 3.63) is 59.1 Å². The van der Waals surface area contributed by atoms with Gasteiger partial charge in [-0.15, -0.1) is 0 Å². The van der Waals surface area contributed by atoms with Crippen LogP contribution in [0, 0.1) is 0 Å². The summed E-state index contributed by atoms with van der Waals surface area (Å²) in [4.78, 5) is 3.69. The highest BCUT2D eigenvalue weighted by Gasteiger charge is 2.23.